The topological polar surface area (TPSA) is 37.3 Å². The predicted octanol–water partition coefficient (Wildman–Crippen LogP) is 2.41. The molecule has 0 aliphatic heterocycles. The minimum Gasteiger partial charge on any atom is -0.479 e. The first-order valence-electron chi connectivity index (χ1n) is 3.71. The number of carboxylic acids is 1. The van der Waals surface area contributed by atoms with Gasteiger partial charge in [-0.15, -0.1) is 0 Å². The molecule has 0 saturated carbocycles. The standard InChI is InChI=1S/C9H8BrFO2/c10-7-3-1-2-6(4-7)5-8(11)9(12)13/h1-4,8H,5H2,(H,12,13). The number of hydrogen-bond acceptors (Lipinski definition) is 1. The fourth-order valence-electron chi connectivity index (χ4n) is 0.958. The molecule has 0 spiro atoms. The van der Waals surface area contributed by atoms with Gasteiger partial charge in [-0.25, -0.2) is 9.18 Å². The number of carbonyl (C=O) groups is 1. The van der Waals surface area contributed by atoms with Crippen LogP contribution in [0.25, 0.3) is 0 Å². The Morgan fingerprint density at radius 2 is 2.31 bits per heavy atom. The van der Waals surface area contributed by atoms with E-state index in [-0.39, 0.29) is 6.42 Å². The normalized spacial score (nSPS) is 12.5. The maximum Gasteiger partial charge on any atom is 0.338 e. The molecule has 1 aromatic carbocycles. The lowest BCUT2D eigenvalue weighted by atomic mass is 10.1. The molecule has 0 aliphatic rings. The molecule has 4 heteroatoms. The smallest absolute Gasteiger partial charge is 0.338 e. The van der Waals surface area contributed by atoms with Crippen molar-refractivity contribution in [1.29, 1.82) is 0 Å². The summed E-state index contributed by atoms with van der Waals surface area (Å²) in [6.07, 6.45) is -1.91. The van der Waals surface area contributed by atoms with E-state index in [9.17, 15) is 9.18 Å². The monoisotopic (exact) mass is 246 g/mol. The first kappa shape index (κ1) is 10.2. The van der Waals surface area contributed by atoms with Crippen molar-refractivity contribution in [2.24, 2.45) is 0 Å². The fourth-order valence-corrected chi connectivity index (χ4v) is 1.40. The van der Waals surface area contributed by atoms with E-state index >= 15 is 0 Å². The molecular formula is C9H8BrFO2. The molecule has 0 heterocycles. The molecule has 0 radical (unpaired) electrons. The van der Waals surface area contributed by atoms with Crippen LogP contribution in [0.15, 0.2) is 28.7 Å². The fraction of sp³-hybridized carbons (Fsp3) is 0.222. The van der Waals surface area contributed by atoms with Crippen LogP contribution in [0, 0.1) is 0 Å². The first-order valence-corrected chi connectivity index (χ1v) is 4.50. The van der Waals surface area contributed by atoms with E-state index < -0.39 is 12.1 Å². The molecule has 0 aromatic heterocycles. The van der Waals surface area contributed by atoms with Gasteiger partial charge >= 0.3 is 5.97 Å². The third-order valence-corrected chi connectivity index (χ3v) is 2.07. The number of hydrogen-bond donors (Lipinski definition) is 1. The molecule has 1 atom stereocenters. The maximum atomic E-state index is 12.7. The Kier molecular flexibility index (Phi) is 3.42. The lowest BCUT2D eigenvalue weighted by Crippen LogP contribution is -2.17. The van der Waals surface area contributed by atoms with Gasteiger partial charge in [-0.3, -0.25) is 0 Å². The second-order valence-corrected chi connectivity index (χ2v) is 3.56. The van der Waals surface area contributed by atoms with Gasteiger partial charge < -0.3 is 5.11 Å². The van der Waals surface area contributed by atoms with Gasteiger partial charge in [0.05, 0.1) is 0 Å². The van der Waals surface area contributed by atoms with Crippen molar-refractivity contribution in [1.82, 2.24) is 0 Å². The zero-order chi connectivity index (χ0) is 9.84. The number of benzene rings is 1. The largest absolute Gasteiger partial charge is 0.479 e. The summed E-state index contributed by atoms with van der Waals surface area (Å²) in [5, 5.41) is 8.33. The minimum absolute atomic E-state index is 0.0885. The summed E-state index contributed by atoms with van der Waals surface area (Å²) in [5.41, 5.74) is 0.671. The van der Waals surface area contributed by atoms with Crippen molar-refractivity contribution >= 4 is 21.9 Å². The average molecular weight is 247 g/mol. The van der Waals surface area contributed by atoms with Crippen LogP contribution in [0.1, 0.15) is 5.56 Å². The first-order chi connectivity index (χ1) is 6.09. The summed E-state index contributed by atoms with van der Waals surface area (Å²) in [6.45, 7) is 0. The van der Waals surface area contributed by atoms with Crippen LogP contribution in [-0.2, 0) is 11.2 Å². The molecule has 1 unspecified atom stereocenters. The van der Waals surface area contributed by atoms with Gasteiger partial charge in [-0.1, -0.05) is 28.1 Å². The Morgan fingerprint density at radius 1 is 1.62 bits per heavy atom. The molecule has 70 valence electrons. The lowest BCUT2D eigenvalue weighted by Gasteiger charge is -2.03. The van der Waals surface area contributed by atoms with Crippen LogP contribution in [0.2, 0.25) is 0 Å². The van der Waals surface area contributed by atoms with E-state index in [1.54, 1.807) is 24.3 Å². The molecule has 0 amide bonds. The Morgan fingerprint density at radius 3 is 2.85 bits per heavy atom. The highest BCUT2D eigenvalue weighted by Gasteiger charge is 2.15. The van der Waals surface area contributed by atoms with Crippen LogP contribution in [0.4, 0.5) is 4.39 Å². The van der Waals surface area contributed by atoms with E-state index in [1.165, 1.54) is 0 Å². The molecule has 1 N–H and O–H groups in total. The van der Waals surface area contributed by atoms with Crippen molar-refractivity contribution in [3.05, 3.63) is 34.3 Å². The Hall–Kier alpha value is -0.900. The number of carboxylic acid groups (broad SMARTS) is 1. The van der Waals surface area contributed by atoms with Crippen LogP contribution >= 0.6 is 15.9 Å². The van der Waals surface area contributed by atoms with Crippen LogP contribution in [0.3, 0.4) is 0 Å². The van der Waals surface area contributed by atoms with Gasteiger partial charge in [-0.05, 0) is 17.7 Å². The third-order valence-electron chi connectivity index (χ3n) is 1.57. The summed E-state index contributed by atoms with van der Waals surface area (Å²) >= 11 is 3.22. The van der Waals surface area contributed by atoms with Gasteiger partial charge in [0.15, 0.2) is 0 Å². The average Bonchev–Trinajstić information content (AvgIpc) is 2.04. The summed E-state index contributed by atoms with van der Waals surface area (Å²) in [7, 11) is 0. The Bertz CT molecular complexity index is 314. The number of rotatable bonds is 3. The molecular weight excluding hydrogens is 239 g/mol. The van der Waals surface area contributed by atoms with E-state index in [4.69, 9.17) is 5.11 Å². The number of alkyl halides is 1. The summed E-state index contributed by atoms with van der Waals surface area (Å²) < 4.78 is 13.5. The molecule has 0 fully saturated rings. The molecule has 13 heavy (non-hydrogen) atoms. The van der Waals surface area contributed by atoms with Gasteiger partial charge in [-0.2, -0.15) is 0 Å². The van der Waals surface area contributed by atoms with Gasteiger partial charge in [0, 0.05) is 10.9 Å². The molecule has 0 bridgehead atoms. The zero-order valence-corrected chi connectivity index (χ0v) is 8.29. The molecule has 0 saturated heterocycles. The van der Waals surface area contributed by atoms with E-state index in [0.717, 1.165) is 4.47 Å². The SMILES string of the molecule is O=C(O)C(F)Cc1cccc(Br)c1. The van der Waals surface area contributed by atoms with E-state index in [2.05, 4.69) is 15.9 Å². The minimum atomic E-state index is -1.82. The highest BCUT2D eigenvalue weighted by molar-refractivity contribution is 9.10. The molecule has 2 nitrogen and oxygen atoms in total. The maximum absolute atomic E-state index is 12.7. The molecule has 1 aromatic rings. The Balaban J connectivity index is 2.69. The Labute approximate surface area is 83.5 Å². The quantitative estimate of drug-likeness (QED) is 0.890. The second-order valence-electron chi connectivity index (χ2n) is 2.64. The summed E-state index contributed by atoms with van der Waals surface area (Å²) in [6, 6.07) is 6.95. The predicted molar refractivity (Wildman–Crippen MR) is 50.4 cm³/mol. The van der Waals surface area contributed by atoms with Crippen LogP contribution in [-0.4, -0.2) is 17.2 Å². The van der Waals surface area contributed by atoms with Crippen molar-refractivity contribution in [2.75, 3.05) is 0 Å². The molecule has 0 aliphatic carbocycles. The van der Waals surface area contributed by atoms with E-state index in [1.807, 2.05) is 0 Å². The number of halogens is 2. The second kappa shape index (κ2) is 4.37. The highest BCUT2D eigenvalue weighted by atomic mass is 79.9. The van der Waals surface area contributed by atoms with E-state index in [0.29, 0.717) is 5.56 Å². The van der Waals surface area contributed by atoms with Crippen molar-refractivity contribution in [3.8, 4) is 0 Å². The zero-order valence-electron chi connectivity index (χ0n) is 6.71. The van der Waals surface area contributed by atoms with Crippen molar-refractivity contribution in [2.45, 2.75) is 12.6 Å². The highest BCUT2D eigenvalue weighted by Crippen LogP contribution is 2.13. The van der Waals surface area contributed by atoms with Crippen LogP contribution < -0.4 is 0 Å². The van der Waals surface area contributed by atoms with Gasteiger partial charge in [0.2, 0.25) is 6.17 Å². The van der Waals surface area contributed by atoms with Gasteiger partial charge in [0.25, 0.3) is 0 Å². The third kappa shape index (κ3) is 3.14. The van der Waals surface area contributed by atoms with Crippen molar-refractivity contribution < 1.29 is 14.3 Å². The lowest BCUT2D eigenvalue weighted by molar-refractivity contribution is -0.142. The summed E-state index contributed by atoms with van der Waals surface area (Å²) in [5.74, 6) is -1.42. The van der Waals surface area contributed by atoms with Crippen LogP contribution in [0.5, 0.6) is 0 Å². The van der Waals surface area contributed by atoms with Gasteiger partial charge in [0.1, 0.15) is 0 Å². The van der Waals surface area contributed by atoms with Crippen molar-refractivity contribution in [3.63, 3.8) is 0 Å². The number of aliphatic carboxylic acids is 1. The summed E-state index contributed by atoms with van der Waals surface area (Å²) in [4.78, 5) is 10.2. The molecule has 1 rings (SSSR count).